The first-order valence-electron chi connectivity index (χ1n) is 11.3. The molecular formula is C23H33N5O3S. The van der Waals surface area contributed by atoms with Crippen molar-refractivity contribution in [1.29, 1.82) is 0 Å². The van der Waals surface area contributed by atoms with E-state index in [-0.39, 0.29) is 10.8 Å². The van der Waals surface area contributed by atoms with Crippen LogP contribution in [0.15, 0.2) is 35.4 Å². The van der Waals surface area contributed by atoms with Crippen LogP contribution in [-0.4, -0.2) is 74.4 Å². The zero-order chi connectivity index (χ0) is 22.9. The molecule has 1 amide bonds. The molecule has 2 saturated heterocycles. The number of hydrogen-bond acceptors (Lipinski definition) is 5. The summed E-state index contributed by atoms with van der Waals surface area (Å²) in [6.45, 7) is 7.10. The molecule has 1 aromatic carbocycles. The van der Waals surface area contributed by atoms with Crippen LogP contribution in [0.25, 0.3) is 0 Å². The van der Waals surface area contributed by atoms with Crippen LogP contribution < -0.4 is 10.2 Å². The monoisotopic (exact) mass is 459 g/mol. The van der Waals surface area contributed by atoms with Gasteiger partial charge in [0.2, 0.25) is 10.0 Å². The van der Waals surface area contributed by atoms with Crippen LogP contribution in [0.5, 0.6) is 0 Å². The number of amides is 1. The van der Waals surface area contributed by atoms with Gasteiger partial charge in [0.25, 0.3) is 5.91 Å². The Morgan fingerprint density at radius 1 is 0.938 bits per heavy atom. The van der Waals surface area contributed by atoms with Crippen molar-refractivity contribution in [3.05, 3.63) is 41.7 Å². The van der Waals surface area contributed by atoms with E-state index in [0.29, 0.717) is 18.8 Å². The Balaban J connectivity index is 1.48. The van der Waals surface area contributed by atoms with Crippen molar-refractivity contribution < 1.29 is 13.2 Å². The van der Waals surface area contributed by atoms with Crippen LogP contribution in [0.2, 0.25) is 0 Å². The number of rotatable bonds is 5. The van der Waals surface area contributed by atoms with Crippen molar-refractivity contribution in [2.24, 2.45) is 7.05 Å². The first kappa shape index (κ1) is 22.8. The maximum atomic E-state index is 13.0. The minimum atomic E-state index is -3.58. The highest BCUT2D eigenvalue weighted by molar-refractivity contribution is 7.89. The van der Waals surface area contributed by atoms with E-state index in [1.54, 1.807) is 11.6 Å². The van der Waals surface area contributed by atoms with Gasteiger partial charge in [-0.1, -0.05) is 6.42 Å². The third-order valence-electron chi connectivity index (χ3n) is 6.49. The normalized spacial score (nSPS) is 18.7. The summed E-state index contributed by atoms with van der Waals surface area (Å²) in [5.41, 5.74) is 3.19. The van der Waals surface area contributed by atoms with Gasteiger partial charge in [0.15, 0.2) is 0 Å². The fraction of sp³-hybridized carbons (Fsp3) is 0.522. The third-order valence-corrected chi connectivity index (χ3v) is 8.36. The average Bonchev–Trinajstić information content (AvgIpc) is 3.19. The fourth-order valence-corrected chi connectivity index (χ4v) is 5.98. The number of piperazine rings is 1. The second kappa shape index (κ2) is 9.25. The minimum absolute atomic E-state index is 0.175. The predicted octanol–water partition coefficient (Wildman–Crippen LogP) is 2.51. The summed E-state index contributed by atoms with van der Waals surface area (Å²) in [5.74, 6) is -0.317. The maximum Gasteiger partial charge on any atom is 0.272 e. The van der Waals surface area contributed by atoms with Gasteiger partial charge in [-0.25, -0.2) is 8.42 Å². The molecule has 2 aliphatic heterocycles. The number of sulfonamides is 1. The molecule has 0 unspecified atom stereocenters. The quantitative estimate of drug-likeness (QED) is 0.743. The molecule has 8 nitrogen and oxygen atoms in total. The summed E-state index contributed by atoms with van der Waals surface area (Å²) < 4.78 is 29.0. The molecule has 2 fully saturated rings. The van der Waals surface area contributed by atoms with E-state index in [4.69, 9.17) is 0 Å². The molecule has 2 aliphatic rings. The zero-order valence-electron chi connectivity index (χ0n) is 19.2. The Bertz CT molecular complexity index is 1080. The summed E-state index contributed by atoms with van der Waals surface area (Å²) in [5, 5.41) is 2.95. The molecule has 1 N–H and O–H groups in total. The molecule has 9 heteroatoms. The van der Waals surface area contributed by atoms with Crippen molar-refractivity contribution in [2.45, 2.75) is 31.1 Å². The summed E-state index contributed by atoms with van der Waals surface area (Å²) in [7, 11) is 0.258. The molecule has 174 valence electrons. The van der Waals surface area contributed by atoms with Gasteiger partial charge < -0.3 is 19.7 Å². The topological polar surface area (TPSA) is 77.9 Å². The van der Waals surface area contributed by atoms with E-state index in [1.165, 1.54) is 16.6 Å². The van der Waals surface area contributed by atoms with Gasteiger partial charge in [-0.2, -0.15) is 4.31 Å². The second-order valence-electron chi connectivity index (χ2n) is 8.88. The average molecular weight is 460 g/mol. The number of hydrogen-bond donors (Lipinski definition) is 1. The minimum Gasteiger partial charge on any atom is -0.369 e. The Morgan fingerprint density at radius 2 is 1.62 bits per heavy atom. The van der Waals surface area contributed by atoms with E-state index in [1.807, 2.05) is 19.1 Å². The van der Waals surface area contributed by atoms with E-state index in [9.17, 15) is 13.2 Å². The van der Waals surface area contributed by atoms with Gasteiger partial charge in [0.1, 0.15) is 10.6 Å². The largest absolute Gasteiger partial charge is 0.369 e. The highest BCUT2D eigenvalue weighted by Crippen LogP contribution is 2.26. The number of carbonyl (C=O) groups excluding carboxylic acids is 1. The van der Waals surface area contributed by atoms with Gasteiger partial charge in [-0.05, 0) is 56.6 Å². The Labute approximate surface area is 190 Å². The Kier molecular flexibility index (Phi) is 6.60. The van der Waals surface area contributed by atoms with Gasteiger partial charge in [-0.3, -0.25) is 4.79 Å². The van der Waals surface area contributed by atoms with Gasteiger partial charge >= 0.3 is 0 Å². The summed E-state index contributed by atoms with van der Waals surface area (Å²) in [6, 6.07) is 7.53. The van der Waals surface area contributed by atoms with E-state index < -0.39 is 10.0 Å². The van der Waals surface area contributed by atoms with E-state index >= 15 is 0 Å². The van der Waals surface area contributed by atoms with Crippen molar-refractivity contribution in [3.63, 3.8) is 0 Å². The van der Waals surface area contributed by atoms with E-state index in [2.05, 4.69) is 28.2 Å². The van der Waals surface area contributed by atoms with Crippen molar-refractivity contribution in [1.82, 2.24) is 13.8 Å². The number of likely N-dealkylation sites (N-methyl/N-ethyl adjacent to an activating group) is 1. The third kappa shape index (κ3) is 4.69. The van der Waals surface area contributed by atoms with E-state index in [0.717, 1.165) is 62.4 Å². The smallest absolute Gasteiger partial charge is 0.272 e. The number of nitrogens with zero attached hydrogens (tertiary/aromatic N) is 4. The highest BCUT2D eigenvalue weighted by Gasteiger charge is 2.28. The maximum absolute atomic E-state index is 13.0. The molecule has 4 rings (SSSR count). The molecule has 0 saturated carbocycles. The number of carbonyl (C=O) groups is 1. The Morgan fingerprint density at radius 3 is 2.28 bits per heavy atom. The molecule has 0 atom stereocenters. The lowest BCUT2D eigenvalue weighted by Crippen LogP contribution is -2.44. The molecule has 32 heavy (non-hydrogen) atoms. The number of aromatic nitrogens is 1. The van der Waals surface area contributed by atoms with Crippen LogP contribution in [0.4, 0.5) is 11.4 Å². The molecule has 0 bridgehead atoms. The number of anilines is 2. The molecule has 0 radical (unpaired) electrons. The fourth-order valence-electron chi connectivity index (χ4n) is 4.39. The van der Waals surface area contributed by atoms with Crippen LogP contribution in [0, 0.1) is 6.92 Å². The molecule has 2 aromatic rings. The highest BCUT2D eigenvalue weighted by atomic mass is 32.2. The molecular weight excluding hydrogens is 426 g/mol. The van der Waals surface area contributed by atoms with Crippen molar-refractivity contribution in [2.75, 3.05) is 56.5 Å². The number of piperidine rings is 1. The summed E-state index contributed by atoms with van der Waals surface area (Å²) in [4.78, 5) is 17.8. The van der Waals surface area contributed by atoms with Crippen LogP contribution in [0.3, 0.4) is 0 Å². The van der Waals surface area contributed by atoms with Gasteiger partial charge in [-0.15, -0.1) is 0 Å². The van der Waals surface area contributed by atoms with Gasteiger partial charge in [0.05, 0.1) is 0 Å². The number of nitrogens with one attached hydrogen (secondary N) is 1. The second-order valence-corrected chi connectivity index (χ2v) is 10.8. The van der Waals surface area contributed by atoms with Crippen LogP contribution in [-0.2, 0) is 17.1 Å². The lowest BCUT2D eigenvalue weighted by molar-refractivity contribution is 0.101. The molecule has 1 aromatic heterocycles. The summed E-state index contributed by atoms with van der Waals surface area (Å²) >= 11 is 0. The lowest BCUT2D eigenvalue weighted by Gasteiger charge is -2.34. The van der Waals surface area contributed by atoms with Crippen LogP contribution in [0.1, 0.15) is 35.3 Å². The molecule has 0 aliphatic carbocycles. The van der Waals surface area contributed by atoms with Gasteiger partial charge in [0, 0.05) is 63.9 Å². The summed E-state index contributed by atoms with van der Waals surface area (Å²) in [6.07, 6.45) is 4.34. The van der Waals surface area contributed by atoms with Crippen LogP contribution >= 0.6 is 0 Å². The predicted molar refractivity (Wildman–Crippen MR) is 127 cm³/mol. The zero-order valence-corrected chi connectivity index (χ0v) is 20.0. The van der Waals surface area contributed by atoms with Crippen molar-refractivity contribution >= 4 is 27.3 Å². The first-order chi connectivity index (χ1) is 15.3. The number of aryl methyl sites for hydroxylation is 2. The Hall–Kier alpha value is -2.36. The molecule has 0 spiro atoms. The lowest BCUT2D eigenvalue weighted by atomic mass is 10.1. The molecule has 3 heterocycles. The first-order valence-corrected chi connectivity index (χ1v) is 12.7. The SMILES string of the molecule is Cc1cc(N2CCN(C)CC2)ccc1NC(=O)c1cc(S(=O)(=O)N2CCCCC2)cn1C. The standard InChI is InChI=1S/C23H33N5O3S/c1-18-15-19(27-13-11-25(2)12-14-27)7-8-21(18)24-23(29)22-16-20(17-26(22)3)32(30,31)28-9-5-4-6-10-28/h7-8,15-17H,4-6,9-14H2,1-3H3,(H,24,29). The van der Waals surface area contributed by atoms with Crippen molar-refractivity contribution in [3.8, 4) is 0 Å². The number of benzene rings is 1.